The van der Waals surface area contributed by atoms with E-state index in [0.29, 0.717) is 12.3 Å². The summed E-state index contributed by atoms with van der Waals surface area (Å²) in [6.07, 6.45) is -3.55. The van der Waals surface area contributed by atoms with E-state index in [4.69, 9.17) is 9.15 Å². The van der Waals surface area contributed by atoms with Gasteiger partial charge in [-0.2, -0.15) is 13.2 Å². The molecule has 0 saturated carbocycles. The Kier molecular flexibility index (Phi) is 4.82. The molecule has 0 radical (unpaired) electrons. The largest absolute Gasteiger partial charge is 0.467 e. The third-order valence-electron chi connectivity index (χ3n) is 1.86. The summed E-state index contributed by atoms with van der Waals surface area (Å²) in [5, 5.41) is 2.93. The second-order valence-corrected chi connectivity index (χ2v) is 3.37. The van der Waals surface area contributed by atoms with E-state index < -0.39 is 12.6 Å². The van der Waals surface area contributed by atoms with Crippen molar-refractivity contribution in [1.29, 1.82) is 0 Å². The Morgan fingerprint density at radius 2 is 2.19 bits per heavy atom. The molecule has 1 aromatic heterocycles. The van der Waals surface area contributed by atoms with Crippen molar-refractivity contribution in [2.24, 2.45) is 0 Å². The van der Waals surface area contributed by atoms with Gasteiger partial charge in [0.1, 0.15) is 12.4 Å². The summed E-state index contributed by atoms with van der Waals surface area (Å²) in [6, 6.07) is 1.75. The molecule has 1 aromatic rings. The predicted molar refractivity (Wildman–Crippen MR) is 51.8 cm³/mol. The topological polar surface area (TPSA) is 34.4 Å². The first-order valence-electron chi connectivity index (χ1n) is 4.86. The third kappa shape index (κ3) is 5.18. The van der Waals surface area contributed by atoms with Gasteiger partial charge in [0.2, 0.25) is 0 Å². The molecule has 0 saturated heterocycles. The number of hydrogen-bond acceptors (Lipinski definition) is 3. The minimum Gasteiger partial charge on any atom is -0.467 e. The summed E-state index contributed by atoms with van der Waals surface area (Å²) in [5.41, 5.74) is 0.942. The molecule has 0 bridgehead atoms. The van der Waals surface area contributed by atoms with E-state index in [-0.39, 0.29) is 13.2 Å². The van der Waals surface area contributed by atoms with Gasteiger partial charge >= 0.3 is 6.18 Å². The van der Waals surface area contributed by atoms with Gasteiger partial charge in [-0.3, -0.25) is 0 Å². The van der Waals surface area contributed by atoms with E-state index in [2.05, 4.69) is 5.32 Å². The maximum atomic E-state index is 11.8. The van der Waals surface area contributed by atoms with Gasteiger partial charge in [0.25, 0.3) is 0 Å². The molecule has 0 unspecified atom stereocenters. The molecule has 1 N–H and O–H groups in total. The molecular weight excluding hydrogens is 223 g/mol. The molecule has 1 heterocycles. The maximum Gasteiger partial charge on any atom is 0.391 e. The van der Waals surface area contributed by atoms with Gasteiger partial charge in [-0.1, -0.05) is 0 Å². The minimum atomic E-state index is -4.17. The zero-order valence-electron chi connectivity index (χ0n) is 8.93. The van der Waals surface area contributed by atoms with E-state index in [9.17, 15) is 13.2 Å². The van der Waals surface area contributed by atoms with Crippen molar-refractivity contribution in [1.82, 2.24) is 5.32 Å². The zero-order valence-corrected chi connectivity index (χ0v) is 8.93. The lowest BCUT2D eigenvalue weighted by Gasteiger charge is -2.05. The lowest BCUT2D eigenvalue weighted by Crippen LogP contribution is -2.11. The molecule has 0 aliphatic carbocycles. The fourth-order valence-corrected chi connectivity index (χ4v) is 1.16. The summed E-state index contributed by atoms with van der Waals surface area (Å²) in [6.45, 7) is 0.386. The van der Waals surface area contributed by atoms with Crippen LogP contribution in [-0.4, -0.2) is 19.8 Å². The quantitative estimate of drug-likeness (QED) is 0.772. The van der Waals surface area contributed by atoms with Crippen LogP contribution in [0.15, 0.2) is 16.7 Å². The lowest BCUT2D eigenvalue weighted by molar-refractivity contribution is -0.146. The molecule has 0 amide bonds. The van der Waals surface area contributed by atoms with Gasteiger partial charge in [0.05, 0.1) is 19.3 Å². The first-order valence-corrected chi connectivity index (χ1v) is 4.86. The van der Waals surface area contributed by atoms with Crippen LogP contribution in [0.3, 0.4) is 0 Å². The van der Waals surface area contributed by atoms with Crippen molar-refractivity contribution >= 4 is 0 Å². The molecule has 0 aliphatic heterocycles. The van der Waals surface area contributed by atoms with Crippen LogP contribution < -0.4 is 5.32 Å². The third-order valence-corrected chi connectivity index (χ3v) is 1.86. The highest BCUT2D eigenvalue weighted by atomic mass is 19.4. The highest BCUT2D eigenvalue weighted by molar-refractivity contribution is 5.11. The van der Waals surface area contributed by atoms with Crippen molar-refractivity contribution in [3.63, 3.8) is 0 Å². The van der Waals surface area contributed by atoms with Crippen LogP contribution in [0.2, 0.25) is 0 Å². The Bertz CT molecular complexity index is 309. The second kappa shape index (κ2) is 5.91. The van der Waals surface area contributed by atoms with E-state index in [0.717, 1.165) is 5.56 Å². The smallest absolute Gasteiger partial charge is 0.391 e. The average molecular weight is 237 g/mol. The number of furan rings is 1. The molecule has 0 fully saturated rings. The number of nitrogens with one attached hydrogen (secondary N) is 1. The van der Waals surface area contributed by atoms with E-state index in [1.165, 1.54) is 0 Å². The molecule has 3 nitrogen and oxygen atoms in total. The predicted octanol–water partition coefficient (Wildman–Crippen LogP) is 2.47. The van der Waals surface area contributed by atoms with Gasteiger partial charge in [-0.15, -0.1) is 0 Å². The molecule has 16 heavy (non-hydrogen) atoms. The minimum absolute atomic E-state index is 0.0692. The number of hydrogen-bond donors (Lipinski definition) is 1. The fraction of sp³-hybridized carbons (Fsp3) is 0.600. The van der Waals surface area contributed by atoms with E-state index >= 15 is 0 Å². The molecule has 0 spiro atoms. The lowest BCUT2D eigenvalue weighted by atomic mass is 10.3. The summed E-state index contributed by atoms with van der Waals surface area (Å²) in [5.74, 6) is 0.535. The SMILES string of the molecule is CNCc1coc(COCCC(F)(F)F)c1. The van der Waals surface area contributed by atoms with Crippen LogP contribution in [-0.2, 0) is 17.9 Å². The molecular formula is C10H14F3NO2. The first kappa shape index (κ1) is 13.1. The van der Waals surface area contributed by atoms with Crippen molar-refractivity contribution in [2.75, 3.05) is 13.7 Å². The molecule has 1 rings (SSSR count). The first-order chi connectivity index (χ1) is 7.51. The Morgan fingerprint density at radius 3 is 2.81 bits per heavy atom. The van der Waals surface area contributed by atoms with Gasteiger partial charge < -0.3 is 14.5 Å². The second-order valence-electron chi connectivity index (χ2n) is 3.37. The van der Waals surface area contributed by atoms with Gasteiger partial charge in [0.15, 0.2) is 0 Å². The van der Waals surface area contributed by atoms with Crippen LogP contribution in [0.25, 0.3) is 0 Å². The Hall–Kier alpha value is -1.01. The Balaban J connectivity index is 2.21. The van der Waals surface area contributed by atoms with Crippen LogP contribution in [0.1, 0.15) is 17.7 Å². The number of halogens is 3. The highest BCUT2D eigenvalue weighted by Crippen LogP contribution is 2.19. The summed E-state index contributed by atoms with van der Waals surface area (Å²) >= 11 is 0. The van der Waals surface area contributed by atoms with E-state index in [1.807, 2.05) is 0 Å². The summed E-state index contributed by atoms with van der Waals surface area (Å²) < 4.78 is 45.3. The molecule has 92 valence electrons. The number of ether oxygens (including phenoxy) is 1. The van der Waals surface area contributed by atoms with Gasteiger partial charge in [-0.25, -0.2) is 0 Å². The van der Waals surface area contributed by atoms with E-state index in [1.54, 1.807) is 19.4 Å². The van der Waals surface area contributed by atoms with Crippen LogP contribution in [0.5, 0.6) is 0 Å². The molecule has 0 aromatic carbocycles. The van der Waals surface area contributed by atoms with Crippen molar-refractivity contribution in [2.45, 2.75) is 25.7 Å². The van der Waals surface area contributed by atoms with Crippen LogP contribution >= 0.6 is 0 Å². The number of alkyl halides is 3. The summed E-state index contributed by atoms with van der Waals surface area (Å²) in [7, 11) is 1.80. The molecule has 0 atom stereocenters. The normalized spacial score (nSPS) is 12.0. The van der Waals surface area contributed by atoms with Crippen molar-refractivity contribution < 1.29 is 22.3 Å². The fourth-order valence-electron chi connectivity index (χ4n) is 1.16. The maximum absolute atomic E-state index is 11.8. The monoisotopic (exact) mass is 237 g/mol. The molecule has 6 heteroatoms. The van der Waals surface area contributed by atoms with Crippen molar-refractivity contribution in [3.8, 4) is 0 Å². The Labute approximate surface area is 91.6 Å². The average Bonchev–Trinajstić information content (AvgIpc) is 2.60. The molecule has 0 aliphatic rings. The van der Waals surface area contributed by atoms with Crippen LogP contribution in [0.4, 0.5) is 13.2 Å². The van der Waals surface area contributed by atoms with Crippen molar-refractivity contribution in [3.05, 3.63) is 23.7 Å². The van der Waals surface area contributed by atoms with Gasteiger partial charge in [-0.05, 0) is 13.1 Å². The summed E-state index contributed by atoms with van der Waals surface area (Å²) in [4.78, 5) is 0. The van der Waals surface area contributed by atoms with Crippen LogP contribution in [0, 0.1) is 0 Å². The standard InChI is InChI=1S/C10H14F3NO2/c1-14-5-8-4-9(16-6-8)7-15-3-2-10(11,12)13/h4,6,14H,2-3,5,7H2,1H3. The number of rotatable bonds is 6. The van der Waals surface area contributed by atoms with Gasteiger partial charge in [0, 0.05) is 12.1 Å². The highest BCUT2D eigenvalue weighted by Gasteiger charge is 2.26. The zero-order chi connectivity index (χ0) is 12.0. The Morgan fingerprint density at radius 1 is 1.44 bits per heavy atom.